The van der Waals surface area contributed by atoms with Crippen LogP contribution in [0, 0.1) is 5.95 Å². The number of rotatable bonds is 2. The molecule has 0 bridgehead atoms. The lowest BCUT2D eigenvalue weighted by Crippen LogP contribution is -1.93. The minimum atomic E-state index is -0.829. The fraction of sp³-hybridized carbons (Fsp3) is 0. The number of aromatic nitrogens is 1. The van der Waals surface area contributed by atoms with Gasteiger partial charge in [0.25, 0.3) is 0 Å². The number of carbonyl (C=O) groups is 1. The first-order chi connectivity index (χ1) is 8.54. The van der Waals surface area contributed by atoms with E-state index >= 15 is 0 Å². The largest absolute Gasteiger partial charge is 0.298 e. The topological polar surface area (TPSA) is 30.0 Å². The first-order valence-corrected chi connectivity index (χ1v) is 5.92. The average molecular weight is 305 g/mol. The molecular formula is C12H5Cl3FNO. The van der Waals surface area contributed by atoms with Crippen molar-refractivity contribution >= 4 is 41.1 Å². The summed E-state index contributed by atoms with van der Waals surface area (Å²) < 4.78 is 13.1. The molecule has 0 saturated heterocycles. The van der Waals surface area contributed by atoms with E-state index < -0.39 is 5.95 Å². The molecule has 0 aliphatic rings. The lowest BCUT2D eigenvalue weighted by atomic mass is 10.1. The normalized spacial score (nSPS) is 10.4. The van der Waals surface area contributed by atoms with Crippen molar-refractivity contribution in [2.24, 2.45) is 0 Å². The predicted molar refractivity (Wildman–Crippen MR) is 70.0 cm³/mol. The molecule has 1 heterocycles. The molecule has 1 aromatic carbocycles. The summed E-state index contributed by atoms with van der Waals surface area (Å²) in [7, 11) is 0. The lowest BCUT2D eigenvalue weighted by Gasteiger charge is -2.07. The van der Waals surface area contributed by atoms with Crippen LogP contribution in [-0.4, -0.2) is 11.3 Å². The fourth-order valence-electron chi connectivity index (χ4n) is 1.44. The van der Waals surface area contributed by atoms with Crippen molar-refractivity contribution in [2.75, 3.05) is 0 Å². The molecule has 0 amide bonds. The number of carbonyl (C=O) groups excluding carboxylic acids is 1. The highest BCUT2D eigenvalue weighted by Gasteiger charge is 2.12. The zero-order valence-electron chi connectivity index (χ0n) is 8.75. The Hall–Kier alpha value is -1.16. The maximum absolute atomic E-state index is 13.1. The molecular weight excluding hydrogens is 299 g/mol. The van der Waals surface area contributed by atoms with Crippen LogP contribution in [0.25, 0.3) is 11.1 Å². The van der Waals surface area contributed by atoms with E-state index in [1.807, 2.05) is 0 Å². The van der Waals surface area contributed by atoms with Gasteiger partial charge in [-0.3, -0.25) is 4.79 Å². The van der Waals surface area contributed by atoms with Crippen molar-refractivity contribution in [2.45, 2.75) is 0 Å². The Morgan fingerprint density at radius 1 is 1.17 bits per heavy atom. The third kappa shape index (κ3) is 2.34. The summed E-state index contributed by atoms with van der Waals surface area (Å²) >= 11 is 17.8. The second-order valence-corrected chi connectivity index (χ2v) is 4.61. The van der Waals surface area contributed by atoms with Crippen molar-refractivity contribution < 1.29 is 9.18 Å². The number of hydrogen-bond acceptors (Lipinski definition) is 2. The number of benzene rings is 1. The minimum Gasteiger partial charge on any atom is -0.298 e. The summed E-state index contributed by atoms with van der Waals surface area (Å²) in [6.45, 7) is 0. The lowest BCUT2D eigenvalue weighted by molar-refractivity contribution is 0.111. The van der Waals surface area contributed by atoms with Crippen LogP contribution >= 0.6 is 34.8 Å². The summed E-state index contributed by atoms with van der Waals surface area (Å²) in [5.74, 6) is -0.829. The van der Waals surface area contributed by atoms with Gasteiger partial charge >= 0.3 is 0 Å². The average Bonchev–Trinajstić information content (AvgIpc) is 2.37. The Balaban J connectivity index is 2.62. The van der Waals surface area contributed by atoms with Crippen LogP contribution in [0.4, 0.5) is 4.39 Å². The van der Waals surface area contributed by atoms with Gasteiger partial charge < -0.3 is 0 Å². The van der Waals surface area contributed by atoms with Crippen molar-refractivity contribution in [3.63, 3.8) is 0 Å². The van der Waals surface area contributed by atoms with Crippen molar-refractivity contribution in [3.8, 4) is 11.1 Å². The molecule has 0 N–H and O–H groups in total. The number of pyridine rings is 1. The van der Waals surface area contributed by atoms with Crippen LogP contribution in [0.15, 0.2) is 24.4 Å². The van der Waals surface area contributed by atoms with Crippen LogP contribution in [-0.2, 0) is 0 Å². The third-order valence-electron chi connectivity index (χ3n) is 2.34. The van der Waals surface area contributed by atoms with Crippen LogP contribution < -0.4 is 0 Å². The smallest absolute Gasteiger partial charge is 0.223 e. The molecule has 2 nitrogen and oxygen atoms in total. The molecule has 0 atom stereocenters. The first kappa shape index (κ1) is 13.3. The Morgan fingerprint density at radius 2 is 1.89 bits per heavy atom. The van der Waals surface area contributed by atoms with Gasteiger partial charge in [-0.1, -0.05) is 40.9 Å². The molecule has 0 aliphatic carbocycles. The van der Waals surface area contributed by atoms with Gasteiger partial charge in [0.15, 0.2) is 6.29 Å². The SMILES string of the molecule is O=Cc1cc(-c2ccc(Cl)c(Cl)c2Cl)cnc1F. The molecule has 2 rings (SSSR count). The summed E-state index contributed by atoms with van der Waals surface area (Å²) in [5.41, 5.74) is 0.873. The van der Waals surface area contributed by atoms with Gasteiger partial charge in [-0.05, 0) is 12.1 Å². The molecule has 0 saturated carbocycles. The van der Waals surface area contributed by atoms with E-state index in [-0.39, 0.29) is 15.6 Å². The zero-order valence-corrected chi connectivity index (χ0v) is 11.0. The Kier molecular flexibility index (Phi) is 3.85. The van der Waals surface area contributed by atoms with Gasteiger partial charge in [-0.15, -0.1) is 0 Å². The first-order valence-electron chi connectivity index (χ1n) is 4.79. The monoisotopic (exact) mass is 303 g/mol. The number of aldehydes is 1. The van der Waals surface area contributed by atoms with E-state index in [9.17, 15) is 9.18 Å². The molecule has 92 valence electrons. The molecule has 0 spiro atoms. The van der Waals surface area contributed by atoms with Crippen LogP contribution in [0.1, 0.15) is 10.4 Å². The van der Waals surface area contributed by atoms with Crippen molar-refractivity contribution in [1.29, 1.82) is 0 Å². The number of hydrogen-bond donors (Lipinski definition) is 0. The molecule has 0 aliphatic heterocycles. The van der Waals surface area contributed by atoms with Gasteiger partial charge in [0.05, 0.1) is 20.6 Å². The highest BCUT2D eigenvalue weighted by atomic mass is 35.5. The van der Waals surface area contributed by atoms with Gasteiger partial charge in [0.2, 0.25) is 5.95 Å². The summed E-state index contributed by atoms with van der Waals surface area (Å²) in [5, 5.41) is 0.748. The van der Waals surface area contributed by atoms with E-state index in [0.717, 1.165) is 0 Å². The second kappa shape index (κ2) is 5.22. The minimum absolute atomic E-state index is 0.144. The molecule has 0 unspecified atom stereocenters. The van der Waals surface area contributed by atoms with Crippen molar-refractivity contribution in [1.82, 2.24) is 4.98 Å². The fourth-order valence-corrected chi connectivity index (χ4v) is 2.09. The Bertz CT molecular complexity index is 631. The van der Waals surface area contributed by atoms with Gasteiger partial charge in [0, 0.05) is 17.3 Å². The molecule has 0 fully saturated rings. The maximum Gasteiger partial charge on any atom is 0.223 e. The van der Waals surface area contributed by atoms with Crippen LogP contribution in [0.5, 0.6) is 0 Å². The summed E-state index contributed by atoms with van der Waals surface area (Å²) in [6, 6.07) is 4.54. The van der Waals surface area contributed by atoms with E-state index in [4.69, 9.17) is 34.8 Å². The Labute approximate surface area is 117 Å². The van der Waals surface area contributed by atoms with E-state index in [1.165, 1.54) is 12.3 Å². The van der Waals surface area contributed by atoms with Crippen LogP contribution in [0.3, 0.4) is 0 Å². The van der Waals surface area contributed by atoms with Crippen LogP contribution in [0.2, 0.25) is 15.1 Å². The third-order valence-corrected chi connectivity index (χ3v) is 3.63. The van der Waals surface area contributed by atoms with E-state index in [2.05, 4.69) is 4.98 Å². The van der Waals surface area contributed by atoms with Crippen molar-refractivity contribution in [3.05, 3.63) is 51.0 Å². The Morgan fingerprint density at radius 3 is 2.56 bits per heavy atom. The number of nitrogens with zero attached hydrogens (tertiary/aromatic N) is 1. The highest BCUT2D eigenvalue weighted by molar-refractivity contribution is 6.49. The predicted octanol–water partition coefficient (Wildman–Crippen LogP) is 4.66. The second-order valence-electron chi connectivity index (χ2n) is 3.44. The summed E-state index contributed by atoms with van der Waals surface area (Å²) in [4.78, 5) is 14.1. The van der Waals surface area contributed by atoms with Gasteiger partial charge in [-0.2, -0.15) is 4.39 Å². The highest BCUT2D eigenvalue weighted by Crippen LogP contribution is 2.37. The van der Waals surface area contributed by atoms with E-state index in [1.54, 1.807) is 12.1 Å². The molecule has 18 heavy (non-hydrogen) atoms. The number of halogens is 4. The molecule has 6 heteroatoms. The quantitative estimate of drug-likeness (QED) is 0.459. The maximum atomic E-state index is 13.1. The summed E-state index contributed by atoms with van der Waals surface area (Å²) in [6.07, 6.45) is 1.66. The van der Waals surface area contributed by atoms with Gasteiger partial charge in [0.1, 0.15) is 0 Å². The zero-order chi connectivity index (χ0) is 13.3. The molecule has 0 radical (unpaired) electrons. The molecule has 1 aromatic heterocycles. The van der Waals surface area contributed by atoms with Gasteiger partial charge in [-0.25, -0.2) is 4.98 Å². The standard InChI is InChI=1S/C12H5Cl3FNO/c13-9-2-1-8(10(14)11(9)15)6-3-7(5-18)12(16)17-4-6/h1-5H. The molecule has 2 aromatic rings. The van der Waals surface area contributed by atoms with E-state index in [0.29, 0.717) is 22.4 Å².